The van der Waals surface area contributed by atoms with E-state index < -0.39 is 0 Å². The number of benzene rings is 2. The highest BCUT2D eigenvalue weighted by molar-refractivity contribution is 8.00. The first-order chi connectivity index (χ1) is 15.5. The Hall–Kier alpha value is -3.17. The average Bonchev–Trinajstić information content (AvgIpc) is 3.23. The second-order valence-corrected chi connectivity index (χ2v) is 9.12. The largest absolute Gasteiger partial charge is 0.378 e. The van der Waals surface area contributed by atoms with E-state index in [-0.39, 0.29) is 16.7 Å². The van der Waals surface area contributed by atoms with Gasteiger partial charge in [0.1, 0.15) is 0 Å². The normalized spacial score (nSPS) is 15.4. The van der Waals surface area contributed by atoms with Gasteiger partial charge in [-0.3, -0.25) is 14.0 Å². The van der Waals surface area contributed by atoms with Crippen LogP contribution in [0.3, 0.4) is 0 Å². The summed E-state index contributed by atoms with van der Waals surface area (Å²) in [5, 5.41) is 9.53. The van der Waals surface area contributed by atoms with E-state index in [0.717, 1.165) is 16.8 Å². The van der Waals surface area contributed by atoms with Crippen LogP contribution in [-0.4, -0.2) is 61.5 Å². The van der Waals surface area contributed by atoms with Crippen molar-refractivity contribution in [3.63, 3.8) is 0 Å². The van der Waals surface area contributed by atoms with E-state index in [4.69, 9.17) is 4.74 Å². The van der Waals surface area contributed by atoms with Crippen LogP contribution in [0.15, 0.2) is 58.5 Å². The van der Waals surface area contributed by atoms with Crippen molar-refractivity contribution in [3.8, 4) is 5.69 Å². The molecule has 2 aromatic heterocycles. The van der Waals surface area contributed by atoms with Crippen molar-refractivity contribution in [1.82, 2.24) is 24.1 Å². The molecule has 9 heteroatoms. The molecule has 1 saturated heterocycles. The number of amides is 1. The van der Waals surface area contributed by atoms with Crippen molar-refractivity contribution in [2.24, 2.45) is 0 Å². The minimum atomic E-state index is -0.348. The van der Waals surface area contributed by atoms with Crippen LogP contribution >= 0.6 is 11.8 Å². The van der Waals surface area contributed by atoms with Gasteiger partial charge >= 0.3 is 0 Å². The maximum absolute atomic E-state index is 13.4. The highest BCUT2D eigenvalue weighted by Crippen LogP contribution is 2.27. The monoisotopic (exact) mass is 449 g/mol. The van der Waals surface area contributed by atoms with Crippen LogP contribution in [0.2, 0.25) is 0 Å². The number of rotatable bonds is 4. The van der Waals surface area contributed by atoms with E-state index in [1.54, 1.807) is 10.6 Å². The fourth-order valence-corrected chi connectivity index (χ4v) is 4.87. The lowest BCUT2D eigenvalue weighted by Gasteiger charge is -2.28. The molecule has 5 rings (SSSR count). The zero-order valence-electron chi connectivity index (χ0n) is 17.9. The topological polar surface area (TPSA) is 81.7 Å². The standard InChI is InChI=1S/C23H23N5O3S/c1-15-7-9-17(10-8-15)27-21(30)18-5-3-4-6-19(18)28-22(27)24-25-23(28)32-16(2)20(29)26-11-13-31-14-12-26/h3-10,16H,11-14H2,1-2H3. The molecule has 3 heterocycles. The molecule has 1 atom stereocenters. The van der Waals surface area contributed by atoms with Crippen LogP contribution < -0.4 is 5.56 Å². The van der Waals surface area contributed by atoms with Gasteiger partial charge in [-0.25, -0.2) is 4.57 Å². The van der Waals surface area contributed by atoms with Crippen LogP contribution in [0.5, 0.6) is 0 Å². The third-order valence-electron chi connectivity index (χ3n) is 5.64. The molecular formula is C23H23N5O3S. The molecule has 0 saturated carbocycles. The first-order valence-electron chi connectivity index (χ1n) is 10.5. The number of carbonyl (C=O) groups excluding carboxylic acids is 1. The van der Waals surface area contributed by atoms with Gasteiger partial charge in [0, 0.05) is 13.1 Å². The molecule has 1 aliphatic heterocycles. The van der Waals surface area contributed by atoms with Gasteiger partial charge in [-0.2, -0.15) is 0 Å². The molecule has 0 spiro atoms. The molecule has 1 aliphatic rings. The lowest BCUT2D eigenvalue weighted by molar-refractivity contribution is -0.134. The van der Waals surface area contributed by atoms with Gasteiger partial charge in [-0.15, -0.1) is 10.2 Å². The number of aromatic nitrogens is 4. The fraction of sp³-hybridized carbons (Fsp3) is 0.304. The third-order valence-corrected chi connectivity index (χ3v) is 6.67. The van der Waals surface area contributed by atoms with E-state index in [1.807, 2.05) is 65.6 Å². The number of thioether (sulfide) groups is 1. The van der Waals surface area contributed by atoms with E-state index in [0.29, 0.717) is 42.6 Å². The van der Waals surface area contributed by atoms with E-state index in [9.17, 15) is 9.59 Å². The summed E-state index contributed by atoms with van der Waals surface area (Å²) in [5.41, 5.74) is 2.39. The number of aryl methyl sites for hydroxylation is 1. The number of fused-ring (bicyclic) bond motifs is 3. The lowest BCUT2D eigenvalue weighted by Crippen LogP contribution is -2.44. The molecule has 32 heavy (non-hydrogen) atoms. The molecule has 0 aliphatic carbocycles. The highest BCUT2D eigenvalue weighted by Gasteiger charge is 2.26. The second-order valence-electron chi connectivity index (χ2n) is 7.81. The lowest BCUT2D eigenvalue weighted by atomic mass is 10.2. The Labute approximate surface area is 188 Å². The van der Waals surface area contributed by atoms with Gasteiger partial charge < -0.3 is 9.64 Å². The number of nitrogens with zero attached hydrogens (tertiary/aromatic N) is 5. The molecule has 0 radical (unpaired) electrons. The van der Waals surface area contributed by atoms with Crippen LogP contribution in [0.4, 0.5) is 0 Å². The zero-order chi connectivity index (χ0) is 22.2. The van der Waals surface area contributed by atoms with Crippen LogP contribution in [0, 0.1) is 6.92 Å². The van der Waals surface area contributed by atoms with Gasteiger partial charge in [-0.05, 0) is 38.1 Å². The summed E-state index contributed by atoms with van der Waals surface area (Å²) in [7, 11) is 0. The predicted octanol–water partition coefficient (Wildman–Crippen LogP) is 2.68. The van der Waals surface area contributed by atoms with Crippen LogP contribution in [0.1, 0.15) is 12.5 Å². The summed E-state index contributed by atoms with van der Waals surface area (Å²) < 4.78 is 8.80. The highest BCUT2D eigenvalue weighted by atomic mass is 32.2. The smallest absolute Gasteiger partial charge is 0.267 e. The second kappa shape index (κ2) is 8.40. The van der Waals surface area contributed by atoms with Gasteiger partial charge in [0.25, 0.3) is 5.56 Å². The summed E-state index contributed by atoms with van der Waals surface area (Å²) in [5.74, 6) is 0.470. The van der Waals surface area contributed by atoms with Gasteiger partial charge in [0.05, 0.1) is 35.1 Å². The predicted molar refractivity (Wildman–Crippen MR) is 124 cm³/mol. The van der Waals surface area contributed by atoms with Crippen molar-refractivity contribution in [3.05, 3.63) is 64.4 Å². The Bertz CT molecular complexity index is 1360. The third kappa shape index (κ3) is 3.57. The fourth-order valence-electron chi connectivity index (χ4n) is 3.93. The van der Waals surface area contributed by atoms with Gasteiger partial charge in [0.15, 0.2) is 5.16 Å². The van der Waals surface area contributed by atoms with Gasteiger partial charge in [0.2, 0.25) is 11.7 Å². The molecule has 8 nitrogen and oxygen atoms in total. The first kappa shape index (κ1) is 20.7. The molecule has 1 amide bonds. The summed E-state index contributed by atoms with van der Waals surface area (Å²) in [6.07, 6.45) is 0. The molecule has 1 unspecified atom stereocenters. The van der Waals surface area contributed by atoms with Crippen LogP contribution in [-0.2, 0) is 9.53 Å². The number of para-hydroxylation sites is 1. The SMILES string of the molecule is Cc1ccc(-n2c(=O)c3ccccc3n3c(SC(C)C(=O)N4CCOCC4)nnc23)cc1. The Morgan fingerprint density at radius 1 is 1.06 bits per heavy atom. The number of hydrogen-bond acceptors (Lipinski definition) is 6. The Kier molecular flexibility index (Phi) is 5.44. The Balaban J connectivity index is 1.63. The zero-order valence-corrected chi connectivity index (χ0v) is 18.7. The number of morpholine rings is 1. The quantitative estimate of drug-likeness (QED) is 0.446. The van der Waals surface area contributed by atoms with Crippen molar-refractivity contribution in [2.75, 3.05) is 26.3 Å². The molecule has 1 fully saturated rings. The molecule has 0 bridgehead atoms. The maximum Gasteiger partial charge on any atom is 0.267 e. The van der Waals surface area contributed by atoms with Crippen molar-refractivity contribution in [2.45, 2.75) is 24.3 Å². The number of hydrogen-bond donors (Lipinski definition) is 0. The molecule has 2 aromatic carbocycles. The number of carbonyl (C=O) groups is 1. The van der Waals surface area contributed by atoms with E-state index >= 15 is 0 Å². The van der Waals surface area contributed by atoms with Crippen molar-refractivity contribution < 1.29 is 9.53 Å². The molecular weight excluding hydrogens is 426 g/mol. The minimum Gasteiger partial charge on any atom is -0.378 e. The van der Waals surface area contributed by atoms with E-state index in [2.05, 4.69) is 10.2 Å². The minimum absolute atomic E-state index is 0.0474. The maximum atomic E-state index is 13.4. The average molecular weight is 450 g/mol. The summed E-state index contributed by atoms with van der Waals surface area (Å²) >= 11 is 1.35. The Morgan fingerprint density at radius 2 is 1.78 bits per heavy atom. The molecule has 164 valence electrons. The van der Waals surface area contributed by atoms with Crippen molar-refractivity contribution in [1.29, 1.82) is 0 Å². The summed E-state index contributed by atoms with van der Waals surface area (Å²) in [6.45, 7) is 6.19. The first-order valence-corrected chi connectivity index (χ1v) is 11.4. The van der Waals surface area contributed by atoms with Crippen molar-refractivity contribution >= 4 is 34.3 Å². The molecule has 0 N–H and O–H groups in total. The van der Waals surface area contributed by atoms with E-state index in [1.165, 1.54) is 11.8 Å². The summed E-state index contributed by atoms with van der Waals surface area (Å²) in [6, 6.07) is 15.1. The number of ether oxygens (including phenoxy) is 1. The summed E-state index contributed by atoms with van der Waals surface area (Å²) in [4.78, 5) is 28.1. The molecule has 4 aromatic rings. The van der Waals surface area contributed by atoms with Crippen LogP contribution in [0.25, 0.3) is 22.4 Å². The van der Waals surface area contributed by atoms with Gasteiger partial charge in [-0.1, -0.05) is 41.6 Å². The Morgan fingerprint density at radius 3 is 2.53 bits per heavy atom.